The topological polar surface area (TPSA) is 87.7 Å². The van der Waals surface area contributed by atoms with Crippen molar-refractivity contribution in [2.75, 3.05) is 5.32 Å². The number of carbonyl (C=O) groups excluding carboxylic acids is 1. The van der Waals surface area contributed by atoms with Crippen LogP contribution < -0.4 is 10.9 Å². The van der Waals surface area contributed by atoms with Gasteiger partial charge in [-0.05, 0) is 51.0 Å². The third-order valence-electron chi connectivity index (χ3n) is 4.70. The van der Waals surface area contributed by atoms with Crippen molar-refractivity contribution in [3.63, 3.8) is 0 Å². The van der Waals surface area contributed by atoms with Crippen molar-refractivity contribution in [3.05, 3.63) is 50.4 Å². The molecule has 4 aromatic rings. The zero-order valence-corrected chi connectivity index (χ0v) is 18.9. The summed E-state index contributed by atoms with van der Waals surface area (Å²) in [4.78, 5) is 38.7. The van der Waals surface area contributed by atoms with Crippen LogP contribution in [0.4, 0.5) is 5.13 Å². The third kappa shape index (κ3) is 4.08. The highest BCUT2D eigenvalue weighted by Crippen LogP contribution is 2.28. The number of hydrogen-bond acceptors (Lipinski definition) is 7. The summed E-state index contributed by atoms with van der Waals surface area (Å²) in [6.07, 6.45) is 0. The molecule has 0 radical (unpaired) electrons. The van der Waals surface area contributed by atoms with Gasteiger partial charge in [-0.15, -0.1) is 23.1 Å². The van der Waals surface area contributed by atoms with Gasteiger partial charge in [0.2, 0.25) is 5.91 Å². The summed E-state index contributed by atoms with van der Waals surface area (Å²) < 4.78 is 1.05. The molecule has 29 heavy (non-hydrogen) atoms. The number of thiazole rings is 1. The molecule has 0 aliphatic heterocycles. The number of thioether (sulfide) groups is 1. The molecule has 2 N–H and O–H groups in total. The van der Waals surface area contributed by atoms with E-state index in [9.17, 15) is 9.59 Å². The predicted molar refractivity (Wildman–Crippen MR) is 123 cm³/mol. The van der Waals surface area contributed by atoms with Crippen LogP contribution in [0.1, 0.15) is 28.8 Å². The first-order chi connectivity index (χ1) is 13.8. The van der Waals surface area contributed by atoms with Gasteiger partial charge < -0.3 is 10.3 Å². The smallest absolute Gasteiger partial charge is 0.259 e. The number of amides is 1. The number of aromatic amines is 1. The van der Waals surface area contributed by atoms with Crippen LogP contribution in [-0.4, -0.2) is 26.1 Å². The van der Waals surface area contributed by atoms with Crippen LogP contribution in [-0.2, 0) is 10.5 Å². The summed E-state index contributed by atoms with van der Waals surface area (Å²) in [6.45, 7) is 7.80. The largest absolute Gasteiger partial charge is 0.309 e. The van der Waals surface area contributed by atoms with E-state index in [0.717, 1.165) is 31.1 Å². The van der Waals surface area contributed by atoms with E-state index in [-0.39, 0.29) is 16.7 Å². The van der Waals surface area contributed by atoms with Crippen molar-refractivity contribution in [1.29, 1.82) is 0 Å². The number of nitrogens with zero attached hydrogens (tertiary/aromatic N) is 2. The summed E-state index contributed by atoms with van der Waals surface area (Å²) >= 11 is 4.42. The number of rotatable bonds is 5. The van der Waals surface area contributed by atoms with Crippen LogP contribution in [0.5, 0.6) is 0 Å². The lowest BCUT2D eigenvalue weighted by Gasteiger charge is -2.10. The molecule has 150 valence electrons. The zero-order valence-electron chi connectivity index (χ0n) is 16.5. The van der Waals surface area contributed by atoms with E-state index in [4.69, 9.17) is 0 Å². The molecule has 6 nitrogen and oxygen atoms in total. The van der Waals surface area contributed by atoms with Crippen molar-refractivity contribution in [2.24, 2.45) is 0 Å². The quantitative estimate of drug-likeness (QED) is 0.462. The van der Waals surface area contributed by atoms with E-state index in [2.05, 4.69) is 26.3 Å². The molecule has 1 aromatic carbocycles. The molecule has 0 aliphatic rings. The minimum absolute atomic E-state index is 0.114. The average Bonchev–Trinajstić information content (AvgIpc) is 3.19. The highest BCUT2D eigenvalue weighted by molar-refractivity contribution is 7.99. The Kier molecular flexibility index (Phi) is 5.46. The molecule has 4 rings (SSSR count). The van der Waals surface area contributed by atoms with Crippen LogP contribution in [0.2, 0.25) is 0 Å². The Morgan fingerprint density at radius 2 is 2.03 bits per heavy atom. The summed E-state index contributed by atoms with van der Waals surface area (Å²) in [6, 6.07) is 6.03. The van der Waals surface area contributed by atoms with Gasteiger partial charge in [-0.3, -0.25) is 9.59 Å². The van der Waals surface area contributed by atoms with E-state index in [1.165, 1.54) is 34.4 Å². The molecule has 9 heteroatoms. The number of aryl methyl sites for hydroxylation is 3. The number of H-pyrrole nitrogens is 1. The number of thiophene rings is 1. The second kappa shape index (κ2) is 7.89. The van der Waals surface area contributed by atoms with E-state index in [0.29, 0.717) is 22.1 Å². The van der Waals surface area contributed by atoms with E-state index >= 15 is 0 Å². The van der Waals surface area contributed by atoms with Gasteiger partial charge in [-0.25, -0.2) is 9.97 Å². The summed E-state index contributed by atoms with van der Waals surface area (Å²) in [5.41, 5.74) is 2.91. The SMILES string of the molecule is Cc1ccc2nc(NC(=O)C(C)SCc3nc4sc(C)c(C)c4c(=O)[nH]3)sc2c1. The molecule has 0 aliphatic carbocycles. The normalized spacial score (nSPS) is 12.6. The maximum atomic E-state index is 12.5. The predicted octanol–water partition coefficient (Wildman–Crippen LogP) is 4.78. The van der Waals surface area contributed by atoms with Crippen LogP contribution in [0.3, 0.4) is 0 Å². The van der Waals surface area contributed by atoms with Crippen LogP contribution >= 0.6 is 34.4 Å². The average molecular weight is 445 g/mol. The number of fused-ring (bicyclic) bond motifs is 2. The van der Waals surface area contributed by atoms with Gasteiger partial charge in [-0.1, -0.05) is 17.4 Å². The second-order valence-electron chi connectivity index (χ2n) is 6.91. The number of hydrogen-bond donors (Lipinski definition) is 2. The maximum Gasteiger partial charge on any atom is 0.259 e. The van der Waals surface area contributed by atoms with Gasteiger partial charge in [-0.2, -0.15) is 0 Å². The lowest BCUT2D eigenvalue weighted by Crippen LogP contribution is -2.22. The Morgan fingerprint density at radius 3 is 2.83 bits per heavy atom. The molecule has 0 saturated heterocycles. The minimum Gasteiger partial charge on any atom is -0.309 e. The molecule has 0 fully saturated rings. The van der Waals surface area contributed by atoms with E-state index < -0.39 is 0 Å². The van der Waals surface area contributed by atoms with Crippen LogP contribution in [0.25, 0.3) is 20.4 Å². The number of carbonyl (C=O) groups is 1. The first-order valence-corrected chi connectivity index (χ1v) is 11.8. The fraction of sp³-hybridized carbons (Fsp3) is 0.300. The molecule has 1 atom stereocenters. The lowest BCUT2D eigenvalue weighted by molar-refractivity contribution is -0.115. The van der Waals surface area contributed by atoms with Gasteiger partial charge in [0, 0.05) is 4.88 Å². The Balaban J connectivity index is 1.43. The number of benzene rings is 1. The van der Waals surface area contributed by atoms with Gasteiger partial charge in [0.1, 0.15) is 10.7 Å². The summed E-state index contributed by atoms with van der Waals surface area (Å²) in [5, 5.41) is 3.85. The van der Waals surface area contributed by atoms with E-state index in [1.54, 1.807) is 0 Å². The van der Waals surface area contributed by atoms with Gasteiger partial charge >= 0.3 is 0 Å². The van der Waals surface area contributed by atoms with Crippen molar-refractivity contribution in [1.82, 2.24) is 15.0 Å². The monoisotopic (exact) mass is 444 g/mol. The van der Waals surface area contributed by atoms with Crippen molar-refractivity contribution >= 4 is 65.9 Å². The van der Waals surface area contributed by atoms with Gasteiger partial charge in [0.25, 0.3) is 5.56 Å². The molecule has 1 amide bonds. The fourth-order valence-electron chi connectivity index (χ4n) is 2.94. The van der Waals surface area contributed by atoms with Crippen LogP contribution in [0, 0.1) is 20.8 Å². The molecule has 0 saturated carbocycles. The Morgan fingerprint density at radius 1 is 1.24 bits per heavy atom. The Bertz CT molecular complexity index is 1290. The van der Waals surface area contributed by atoms with Gasteiger partial charge in [0.05, 0.1) is 26.6 Å². The zero-order chi connectivity index (χ0) is 20.7. The number of nitrogens with one attached hydrogen (secondary N) is 2. The first-order valence-electron chi connectivity index (χ1n) is 9.10. The molecule has 3 heterocycles. The standard InChI is InChI=1S/C20H20N4O2S3/c1-9-5-6-13-14(7-9)29-20(21-13)24-17(25)12(4)27-8-15-22-18(26)16-10(2)11(3)28-19(16)23-15/h5-7,12H,8H2,1-4H3,(H,21,24,25)(H,22,23,26). The third-order valence-corrected chi connectivity index (χ3v) is 7.89. The molecular formula is C20H20N4O2S3. The molecule has 1 unspecified atom stereocenters. The van der Waals surface area contributed by atoms with Crippen molar-refractivity contribution in [2.45, 2.75) is 38.7 Å². The van der Waals surface area contributed by atoms with Gasteiger partial charge in [0.15, 0.2) is 5.13 Å². The summed E-state index contributed by atoms with van der Waals surface area (Å²) in [5.74, 6) is 0.926. The Labute approximate surface area is 179 Å². The van der Waals surface area contributed by atoms with Crippen LogP contribution in [0.15, 0.2) is 23.0 Å². The summed E-state index contributed by atoms with van der Waals surface area (Å²) in [7, 11) is 0. The molecular weight excluding hydrogens is 424 g/mol. The lowest BCUT2D eigenvalue weighted by atomic mass is 10.2. The fourth-order valence-corrected chi connectivity index (χ4v) is 5.71. The molecule has 0 spiro atoms. The number of aromatic nitrogens is 3. The van der Waals surface area contributed by atoms with Crippen molar-refractivity contribution < 1.29 is 4.79 Å². The molecule has 0 bridgehead atoms. The highest BCUT2D eigenvalue weighted by Gasteiger charge is 2.17. The second-order valence-corrected chi connectivity index (χ2v) is 10.5. The number of anilines is 1. The van der Waals surface area contributed by atoms with Crippen molar-refractivity contribution in [3.8, 4) is 0 Å². The van der Waals surface area contributed by atoms with E-state index in [1.807, 2.05) is 39.8 Å². The highest BCUT2D eigenvalue weighted by atomic mass is 32.2. The first kappa shape index (κ1) is 20.1. The molecule has 3 aromatic heterocycles. The minimum atomic E-state index is -0.309. The maximum absolute atomic E-state index is 12.5. The Hall–Kier alpha value is -2.23.